The van der Waals surface area contributed by atoms with E-state index in [4.69, 9.17) is 9.47 Å². The van der Waals surface area contributed by atoms with Crippen molar-refractivity contribution in [3.05, 3.63) is 59.2 Å². The Morgan fingerprint density at radius 1 is 0.962 bits per heavy atom. The summed E-state index contributed by atoms with van der Waals surface area (Å²) < 4.78 is 10.8. The largest absolute Gasteiger partial charge is 0.491 e. The normalized spacial score (nSPS) is 11.8. The lowest BCUT2D eigenvalue weighted by molar-refractivity contribution is -0.123. The number of amides is 1. The summed E-state index contributed by atoms with van der Waals surface area (Å²) in [6.45, 7) is 9.31. The van der Waals surface area contributed by atoms with Crippen molar-refractivity contribution in [2.75, 3.05) is 5.32 Å². The van der Waals surface area contributed by atoms with Crippen LogP contribution in [-0.4, -0.2) is 24.1 Å². The Balaban J connectivity index is 1.96. The topological polar surface area (TPSA) is 64.6 Å². The lowest BCUT2D eigenvalue weighted by atomic mass is 10.1. The summed E-state index contributed by atoms with van der Waals surface area (Å²) in [6, 6.07) is 12.4. The smallest absolute Gasteiger partial charge is 0.338 e. The van der Waals surface area contributed by atoms with Crippen molar-refractivity contribution in [3.63, 3.8) is 0 Å². The van der Waals surface area contributed by atoms with Crippen molar-refractivity contribution in [2.24, 2.45) is 0 Å². The summed E-state index contributed by atoms with van der Waals surface area (Å²) >= 11 is 0. The van der Waals surface area contributed by atoms with Crippen LogP contribution in [0.1, 0.15) is 42.3 Å². The van der Waals surface area contributed by atoms with E-state index in [1.54, 1.807) is 31.2 Å². The number of carbonyl (C=O) groups is 2. The maximum Gasteiger partial charge on any atom is 0.338 e. The maximum atomic E-state index is 12.3. The average Bonchev–Trinajstić information content (AvgIpc) is 2.57. The third-order valence-corrected chi connectivity index (χ3v) is 3.75. The molecule has 5 nitrogen and oxygen atoms in total. The second kappa shape index (κ2) is 8.52. The van der Waals surface area contributed by atoms with Gasteiger partial charge in [-0.15, -0.1) is 0 Å². The number of aryl methyl sites for hydroxylation is 2. The van der Waals surface area contributed by atoms with E-state index < -0.39 is 12.1 Å². The van der Waals surface area contributed by atoms with Gasteiger partial charge in [0.05, 0.1) is 11.7 Å². The molecule has 5 heteroatoms. The van der Waals surface area contributed by atoms with Crippen molar-refractivity contribution in [1.82, 2.24) is 0 Å². The Morgan fingerprint density at radius 3 is 2.19 bits per heavy atom. The minimum Gasteiger partial charge on any atom is -0.491 e. The Kier molecular flexibility index (Phi) is 6.39. The van der Waals surface area contributed by atoms with Crippen LogP contribution in [0.4, 0.5) is 5.69 Å². The molecule has 1 N–H and O–H groups in total. The molecule has 0 heterocycles. The highest BCUT2D eigenvalue weighted by molar-refractivity contribution is 5.97. The fourth-order valence-electron chi connectivity index (χ4n) is 2.41. The summed E-state index contributed by atoms with van der Waals surface area (Å²) in [5.41, 5.74) is 3.15. The second-order valence-electron chi connectivity index (χ2n) is 6.55. The fraction of sp³-hybridized carbons (Fsp3) is 0.333. The molecule has 0 aliphatic carbocycles. The summed E-state index contributed by atoms with van der Waals surface area (Å²) in [5, 5.41) is 2.79. The van der Waals surface area contributed by atoms with Gasteiger partial charge in [-0.2, -0.15) is 0 Å². The molecule has 0 bridgehead atoms. The molecular formula is C21H25NO4. The molecule has 2 aromatic rings. The van der Waals surface area contributed by atoms with Gasteiger partial charge in [-0.25, -0.2) is 4.79 Å². The first-order chi connectivity index (χ1) is 12.3. The van der Waals surface area contributed by atoms with Crippen molar-refractivity contribution in [2.45, 2.75) is 46.8 Å². The van der Waals surface area contributed by atoms with E-state index in [0.29, 0.717) is 17.0 Å². The van der Waals surface area contributed by atoms with Crippen LogP contribution in [-0.2, 0) is 9.53 Å². The van der Waals surface area contributed by atoms with Crippen molar-refractivity contribution in [1.29, 1.82) is 0 Å². The lowest BCUT2D eigenvalue weighted by Gasteiger charge is -2.15. The molecule has 0 aliphatic rings. The van der Waals surface area contributed by atoms with Gasteiger partial charge in [0.1, 0.15) is 5.75 Å². The number of anilines is 1. The molecule has 138 valence electrons. The molecule has 1 amide bonds. The number of esters is 1. The van der Waals surface area contributed by atoms with Gasteiger partial charge in [0.25, 0.3) is 5.91 Å². The van der Waals surface area contributed by atoms with E-state index in [2.05, 4.69) is 5.32 Å². The molecular weight excluding hydrogens is 330 g/mol. The number of nitrogens with one attached hydrogen (secondary N) is 1. The Labute approximate surface area is 154 Å². The van der Waals surface area contributed by atoms with Gasteiger partial charge in [-0.3, -0.25) is 4.79 Å². The predicted octanol–water partition coefficient (Wildman–Crippen LogP) is 4.27. The van der Waals surface area contributed by atoms with Crippen LogP contribution < -0.4 is 10.1 Å². The number of hydrogen-bond donors (Lipinski definition) is 1. The molecule has 26 heavy (non-hydrogen) atoms. The molecule has 0 fully saturated rings. The van der Waals surface area contributed by atoms with E-state index in [1.807, 2.05) is 45.9 Å². The predicted molar refractivity (Wildman–Crippen MR) is 102 cm³/mol. The van der Waals surface area contributed by atoms with Gasteiger partial charge in [0.2, 0.25) is 0 Å². The Morgan fingerprint density at radius 2 is 1.62 bits per heavy atom. The third kappa shape index (κ3) is 5.34. The molecule has 2 aromatic carbocycles. The summed E-state index contributed by atoms with van der Waals surface area (Å²) in [4.78, 5) is 24.5. The van der Waals surface area contributed by atoms with Gasteiger partial charge >= 0.3 is 5.97 Å². The zero-order valence-electron chi connectivity index (χ0n) is 15.8. The molecule has 0 saturated carbocycles. The Bertz CT molecular complexity index is 781. The minimum atomic E-state index is -0.908. The zero-order chi connectivity index (χ0) is 19.3. The molecule has 1 atom stereocenters. The number of rotatable bonds is 6. The van der Waals surface area contributed by atoms with Crippen molar-refractivity contribution >= 4 is 17.6 Å². The monoisotopic (exact) mass is 355 g/mol. The van der Waals surface area contributed by atoms with Gasteiger partial charge in [-0.05, 0) is 70.5 Å². The molecule has 2 rings (SSSR count). The standard InChI is InChI=1S/C21H25NO4/c1-13(2)25-18-9-7-17(8-10-18)21(24)26-16(5)20(23)22-19-11-6-14(3)12-15(19)4/h6-13,16H,1-5H3,(H,22,23)/t16-/m1/s1. The lowest BCUT2D eigenvalue weighted by Crippen LogP contribution is -2.30. The van der Waals surface area contributed by atoms with E-state index >= 15 is 0 Å². The highest BCUT2D eigenvalue weighted by Crippen LogP contribution is 2.18. The molecule has 0 radical (unpaired) electrons. The SMILES string of the molecule is Cc1ccc(NC(=O)[C@@H](C)OC(=O)c2ccc(OC(C)C)cc2)c(C)c1. The minimum absolute atomic E-state index is 0.0572. The van der Waals surface area contributed by atoms with Crippen LogP contribution in [0.25, 0.3) is 0 Å². The van der Waals surface area contributed by atoms with E-state index in [9.17, 15) is 9.59 Å². The zero-order valence-corrected chi connectivity index (χ0v) is 15.8. The quantitative estimate of drug-likeness (QED) is 0.786. The first-order valence-corrected chi connectivity index (χ1v) is 8.62. The van der Waals surface area contributed by atoms with E-state index in [-0.39, 0.29) is 12.0 Å². The fourth-order valence-corrected chi connectivity index (χ4v) is 2.41. The summed E-state index contributed by atoms with van der Waals surface area (Å²) in [7, 11) is 0. The van der Waals surface area contributed by atoms with Gasteiger partial charge < -0.3 is 14.8 Å². The summed E-state index contributed by atoms with van der Waals surface area (Å²) in [5.74, 6) is -0.244. The first-order valence-electron chi connectivity index (χ1n) is 8.62. The number of hydrogen-bond acceptors (Lipinski definition) is 4. The second-order valence-corrected chi connectivity index (χ2v) is 6.55. The van der Waals surface area contributed by atoms with E-state index in [1.165, 1.54) is 0 Å². The van der Waals surface area contributed by atoms with Crippen LogP contribution in [0, 0.1) is 13.8 Å². The maximum absolute atomic E-state index is 12.3. The molecule has 0 aliphatic heterocycles. The van der Waals surface area contributed by atoms with Crippen molar-refractivity contribution in [3.8, 4) is 5.75 Å². The highest BCUT2D eigenvalue weighted by atomic mass is 16.5. The van der Waals surface area contributed by atoms with Crippen LogP contribution in [0.15, 0.2) is 42.5 Å². The van der Waals surface area contributed by atoms with Crippen LogP contribution in [0.3, 0.4) is 0 Å². The van der Waals surface area contributed by atoms with Crippen LogP contribution in [0.5, 0.6) is 5.75 Å². The number of carbonyl (C=O) groups excluding carboxylic acids is 2. The van der Waals surface area contributed by atoms with Gasteiger partial charge in [0, 0.05) is 5.69 Å². The number of benzene rings is 2. The molecule has 0 saturated heterocycles. The van der Waals surface area contributed by atoms with Crippen molar-refractivity contribution < 1.29 is 19.1 Å². The number of ether oxygens (including phenoxy) is 2. The molecule has 0 spiro atoms. The Hall–Kier alpha value is -2.82. The van der Waals surface area contributed by atoms with Crippen LogP contribution in [0.2, 0.25) is 0 Å². The highest BCUT2D eigenvalue weighted by Gasteiger charge is 2.19. The molecule has 0 aromatic heterocycles. The summed E-state index contributed by atoms with van der Waals surface area (Å²) in [6.07, 6.45) is -0.850. The van der Waals surface area contributed by atoms with Gasteiger partial charge in [0.15, 0.2) is 6.10 Å². The van der Waals surface area contributed by atoms with E-state index in [0.717, 1.165) is 11.1 Å². The average molecular weight is 355 g/mol. The molecule has 0 unspecified atom stereocenters. The van der Waals surface area contributed by atoms with Crippen LogP contribution >= 0.6 is 0 Å². The van der Waals surface area contributed by atoms with Gasteiger partial charge in [-0.1, -0.05) is 17.7 Å². The first kappa shape index (κ1) is 19.5. The third-order valence-electron chi connectivity index (χ3n) is 3.75.